The lowest BCUT2D eigenvalue weighted by atomic mass is 10.0. The fraction of sp³-hybridized carbons (Fsp3) is 0.533. The van der Waals surface area contributed by atoms with Gasteiger partial charge in [0.1, 0.15) is 0 Å². The van der Waals surface area contributed by atoms with Crippen molar-refractivity contribution in [3.05, 3.63) is 29.3 Å². The van der Waals surface area contributed by atoms with Gasteiger partial charge in [-0.15, -0.1) is 0 Å². The molecule has 0 radical (unpaired) electrons. The molecule has 0 spiro atoms. The summed E-state index contributed by atoms with van der Waals surface area (Å²) in [5.74, 6) is 0.526. The molecule has 1 saturated heterocycles. The van der Waals surface area contributed by atoms with Crippen molar-refractivity contribution >= 4 is 5.69 Å². The van der Waals surface area contributed by atoms with Gasteiger partial charge in [0.2, 0.25) is 0 Å². The van der Waals surface area contributed by atoms with E-state index in [4.69, 9.17) is 10.00 Å². The quantitative estimate of drug-likeness (QED) is 0.900. The second kappa shape index (κ2) is 6.05. The zero-order chi connectivity index (χ0) is 13.8. The fourth-order valence-corrected chi connectivity index (χ4v) is 2.66. The van der Waals surface area contributed by atoms with Gasteiger partial charge in [-0.1, -0.05) is 6.07 Å². The zero-order valence-corrected chi connectivity index (χ0v) is 11.5. The monoisotopic (exact) mass is 260 g/mol. The second-order valence-electron chi connectivity index (χ2n) is 5.12. The van der Waals surface area contributed by atoms with Crippen molar-refractivity contribution in [3.8, 4) is 6.07 Å². The highest BCUT2D eigenvalue weighted by Gasteiger charge is 2.25. The summed E-state index contributed by atoms with van der Waals surface area (Å²) in [4.78, 5) is 2.24. The van der Waals surface area contributed by atoms with Crippen LogP contribution in [0.5, 0.6) is 0 Å². The van der Waals surface area contributed by atoms with E-state index in [1.54, 1.807) is 20.1 Å². The first-order valence-corrected chi connectivity index (χ1v) is 6.61. The molecule has 1 N–H and O–H groups in total. The van der Waals surface area contributed by atoms with E-state index < -0.39 is 6.10 Å². The maximum absolute atomic E-state index is 9.86. The van der Waals surface area contributed by atoms with Crippen LogP contribution < -0.4 is 4.90 Å². The van der Waals surface area contributed by atoms with E-state index in [0.29, 0.717) is 11.5 Å². The van der Waals surface area contributed by atoms with Gasteiger partial charge in [-0.3, -0.25) is 0 Å². The summed E-state index contributed by atoms with van der Waals surface area (Å²) >= 11 is 0. The van der Waals surface area contributed by atoms with Gasteiger partial charge >= 0.3 is 0 Å². The standard InChI is InChI=1S/C15H20N2O2/c1-11(18)14-4-3-12(8-16)7-15(14)17-6-5-13(9-17)10-19-2/h3-4,7,11,13,18H,5-6,9-10H2,1-2H3/t11-,13?/m0/s1. The van der Waals surface area contributed by atoms with Crippen LogP contribution in [0.25, 0.3) is 0 Å². The van der Waals surface area contributed by atoms with Crippen LogP contribution >= 0.6 is 0 Å². The van der Waals surface area contributed by atoms with Crippen molar-refractivity contribution in [2.75, 3.05) is 31.7 Å². The van der Waals surface area contributed by atoms with Crippen molar-refractivity contribution in [3.63, 3.8) is 0 Å². The van der Waals surface area contributed by atoms with Crippen molar-refractivity contribution in [2.24, 2.45) is 5.92 Å². The molecule has 1 aliphatic heterocycles. The molecule has 0 aromatic heterocycles. The molecule has 1 unspecified atom stereocenters. The molecule has 0 amide bonds. The smallest absolute Gasteiger partial charge is 0.0992 e. The summed E-state index contributed by atoms with van der Waals surface area (Å²) in [6.07, 6.45) is 0.563. The van der Waals surface area contributed by atoms with Gasteiger partial charge in [0.25, 0.3) is 0 Å². The fourth-order valence-electron chi connectivity index (χ4n) is 2.66. The van der Waals surface area contributed by atoms with Gasteiger partial charge in [-0.2, -0.15) is 5.26 Å². The zero-order valence-electron chi connectivity index (χ0n) is 11.5. The van der Waals surface area contributed by atoms with Crippen LogP contribution in [-0.2, 0) is 4.74 Å². The van der Waals surface area contributed by atoms with Crippen molar-refractivity contribution in [2.45, 2.75) is 19.4 Å². The van der Waals surface area contributed by atoms with Gasteiger partial charge < -0.3 is 14.7 Å². The molecule has 19 heavy (non-hydrogen) atoms. The summed E-state index contributed by atoms with van der Waals surface area (Å²) in [5, 5.41) is 18.9. The molecule has 0 saturated carbocycles. The van der Waals surface area contributed by atoms with Gasteiger partial charge in [0.05, 0.1) is 24.3 Å². The Morgan fingerprint density at radius 3 is 3.00 bits per heavy atom. The average molecular weight is 260 g/mol. The summed E-state index contributed by atoms with van der Waals surface area (Å²) in [6, 6.07) is 7.64. The van der Waals surface area contributed by atoms with E-state index >= 15 is 0 Å². The van der Waals surface area contributed by atoms with Gasteiger partial charge in [-0.05, 0) is 25.5 Å². The van der Waals surface area contributed by atoms with Crippen LogP contribution in [0.4, 0.5) is 5.69 Å². The minimum Gasteiger partial charge on any atom is -0.389 e. The number of nitrogens with zero attached hydrogens (tertiary/aromatic N) is 2. The number of aliphatic hydroxyl groups is 1. The number of benzene rings is 1. The summed E-state index contributed by atoms with van der Waals surface area (Å²) < 4.78 is 5.20. The number of rotatable bonds is 4. The van der Waals surface area contributed by atoms with Crippen LogP contribution in [0.1, 0.15) is 30.6 Å². The van der Waals surface area contributed by atoms with E-state index in [1.165, 1.54) is 0 Å². The number of methoxy groups -OCH3 is 1. The summed E-state index contributed by atoms with van der Waals surface area (Å²) in [7, 11) is 1.72. The minimum absolute atomic E-state index is 0.524. The highest BCUT2D eigenvalue weighted by molar-refractivity contribution is 5.59. The number of hydrogen-bond acceptors (Lipinski definition) is 4. The number of nitriles is 1. The molecule has 1 aliphatic rings. The molecule has 2 atom stereocenters. The Morgan fingerprint density at radius 1 is 1.58 bits per heavy atom. The van der Waals surface area contributed by atoms with Crippen LogP contribution in [0.15, 0.2) is 18.2 Å². The number of anilines is 1. The summed E-state index contributed by atoms with van der Waals surface area (Å²) in [6.45, 7) is 4.39. The molecule has 1 aromatic carbocycles. The minimum atomic E-state index is -0.524. The number of hydrogen-bond donors (Lipinski definition) is 1. The third-order valence-corrected chi connectivity index (χ3v) is 3.64. The van der Waals surface area contributed by atoms with E-state index in [9.17, 15) is 5.11 Å². The van der Waals surface area contributed by atoms with Crippen LogP contribution in [0.3, 0.4) is 0 Å². The van der Waals surface area contributed by atoms with Crippen LogP contribution in [0.2, 0.25) is 0 Å². The average Bonchev–Trinajstić information content (AvgIpc) is 2.87. The number of ether oxygens (including phenoxy) is 1. The highest BCUT2D eigenvalue weighted by atomic mass is 16.5. The predicted octanol–water partition coefficient (Wildman–Crippen LogP) is 2.08. The highest BCUT2D eigenvalue weighted by Crippen LogP contribution is 2.31. The lowest BCUT2D eigenvalue weighted by molar-refractivity contribution is 0.161. The van der Waals surface area contributed by atoms with Gasteiger partial charge in [0, 0.05) is 37.4 Å². The van der Waals surface area contributed by atoms with Crippen LogP contribution in [0, 0.1) is 17.2 Å². The lowest BCUT2D eigenvalue weighted by Crippen LogP contribution is -2.22. The first-order valence-electron chi connectivity index (χ1n) is 6.61. The lowest BCUT2D eigenvalue weighted by Gasteiger charge is -2.23. The summed E-state index contributed by atoms with van der Waals surface area (Å²) in [5.41, 5.74) is 2.50. The normalized spacial score (nSPS) is 20.3. The molecule has 1 heterocycles. The molecule has 1 fully saturated rings. The third kappa shape index (κ3) is 3.06. The molecular weight excluding hydrogens is 240 g/mol. The van der Waals surface area contributed by atoms with E-state index in [0.717, 1.165) is 37.4 Å². The maximum Gasteiger partial charge on any atom is 0.0992 e. The SMILES string of the molecule is COCC1CCN(c2cc(C#N)ccc2[C@H](C)O)C1. The van der Waals surface area contributed by atoms with Crippen molar-refractivity contribution in [1.82, 2.24) is 0 Å². The van der Waals surface area contributed by atoms with E-state index in [2.05, 4.69) is 11.0 Å². The van der Waals surface area contributed by atoms with Gasteiger partial charge in [-0.25, -0.2) is 0 Å². The van der Waals surface area contributed by atoms with E-state index in [-0.39, 0.29) is 0 Å². The molecule has 2 rings (SSSR count). The Labute approximate surface area is 114 Å². The molecule has 0 aliphatic carbocycles. The Kier molecular flexibility index (Phi) is 4.41. The molecule has 4 heteroatoms. The maximum atomic E-state index is 9.86. The Balaban J connectivity index is 2.25. The molecule has 4 nitrogen and oxygen atoms in total. The molecular formula is C15H20N2O2. The van der Waals surface area contributed by atoms with Gasteiger partial charge in [0.15, 0.2) is 0 Å². The van der Waals surface area contributed by atoms with Crippen LogP contribution in [-0.4, -0.2) is 31.9 Å². The first kappa shape index (κ1) is 13.9. The predicted molar refractivity (Wildman–Crippen MR) is 74.0 cm³/mol. The van der Waals surface area contributed by atoms with Crippen molar-refractivity contribution in [1.29, 1.82) is 5.26 Å². The Hall–Kier alpha value is -1.57. The number of aliphatic hydroxyl groups excluding tert-OH is 1. The largest absolute Gasteiger partial charge is 0.389 e. The molecule has 0 bridgehead atoms. The second-order valence-corrected chi connectivity index (χ2v) is 5.12. The molecule has 1 aromatic rings. The Bertz CT molecular complexity index is 480. The third-order valence-electron chi connectivity index (χ3n) is 3.64. The van der Waals surface area contributed by atoms with Crippen molar-refractivity contribution < 1.29 is 9.84 Å². The molecule has 102 valence electrons. The van der Waals surface area contributed by atoms with E-state index in [1.807, 2.05) is 12.1 Å². The topological polar surface area (TPSA) is 56.5 Å². The Morgan fingerprint density at radius 2 is 2.37 bits per heavy atom. The first-order chi connectivity index (χ1) is 9.15.